The van der Waals surface area contributed by atoms with Crippen LogP contribution in [-0.2, 0) is 26.0 Å². The number of nitrogens with zero attached hydrogens (tertiary/aromatic N) is 1. The third-order valence-corrected chi connectivity index (χ3v) is 7.79. The second-order valence-electron chi connectivity index (χ2n) is 7.03. The van der Waals surface area contributed by atoms with E-state index in [0.717, 1.165) is 26.0 Å². The number of thiophene rings is 1. The molecule has 1 aromatic carbocycles. The molecule has 3 aromatic rings. The zero-order chi connectivity index (χ0) is 23.1. The number of nitrogens with one attached hydrogen (secondary N) is 3. The van der Waals surface area contributed by atoms with Gasteiger partial charge in [-0.15, -0.1) is 22.7 Å². The molecule has 0 aliphatic rings. The summed E-state index contributed by atoms with van der Waals surface area (Å²) in [5.41, 5.74) is 1.90. The molecule has 0 aliphatic heterocycles. The molecule has 0 fully saturated rings. The summed E-state index contributed by atoms with van der Waals surface area (Å²) in [6.07, 6.45) is 0.670. The maximum absolute atomic E-state index is 12.2. The Bertz CT molecular complexity index is 1180. The van der Waals surface area contributed by atoms with Gasteiger partial charge in [0, 0.05) is 16.8 Å². The molecule has 2 amide bonds. The van der Waals surface area contributed by atoms with Gasteiger partial charge in [-0.3, -0.25) is 9.59 Å². The number of thiazole rings is 1. The van der Waals surface area contributed by atoms with Gasteiger partial charge in [-0.25, -0.2) is 18.1 Å². The molecule has 3 rings (SSSR count). The smallest absolute Gasteiger partial charge is 0.241 e. The van der Waals surface area contributed by atoms with Crippen LogP contribution in [0.25, 0.3) is 10.6 Å². The highest BCUT2D eigenvalue weighted by atomic mass is 32.2. The summed E-state index contributed by atoms with van der Waals surface area (Å²) >= 11 is 3.24. The third-order valence-electron chi connectivity index (χ3n) is 4.43. The van der Waals surface area contributed by atoms with Crippen molar-refractivity contribution >= 4 is 44.5 Å². The molecule has 170 valence electrons. The van der Waals surface area contributed by atoms with E-state index in [1.165, 1.54) is 12.1 Å². The van der Waals surface area contributed by atoms with Crippen LogP contribution in [-0.4, -0.2) is 44.9 Å². The van der Waals surface area contributed by atoms with Crippen molar-refractivity contribution in [3.05, 3.63) is 57.2 Å². The molecule has 0 aliphatic carbocycles. The van der Waals surface area contributed by atoms with Crippen molar-refractivity contribution < 1.29 is 18.0 Å². The van der Waals surface area contributed by atoms with Gasteiger partial charge in [-0.05, 0) is 44.5 Å². The van der Waals surface area contributed by atoms with E-state index >= 15 is 0 Å². The molecule has 0 spiro atoms. The Morgan fingerprint density at radius 1 is 0.969 bits per heavy atom. The lowest BCUT2D eigenvalue weighted by Gasteiger charge is -2.08. The van der Waals surface area contributed by atoms with Crippen LogP contribution >= 0.6 is 22.7 Å². The molecule has 32 heavy (non-hydrogen) atoms. The summed E-state index contributed by atoms with van der Waals surface area (Å²) in [5.74, 6) is -0.927. The molecule has 2 heterocycles. The van der Waals surface area contributed by atoms with Crippen LogP contribution in [0.1, 0.15) is 15.4 Å². The van der Waals surface area contributed by atoms with Crippen LogP contribution in [0.3, 0.4) is 0 Å². The highest BCUT2D eigenvalue weighted by Crippen LogP contribution is 2.29. The summed E-state index contributed by atoms with van der Waals surface area (Å²) in [5, 5.41) is 8.20. The standard InChI is InChI=1S/C21H24N4O4S3/c1-14-3-6-17(7-4-14)32(28,29)24-12-21(27)23-11-20(26)22-10-9-16-5-8-19(31-16)18-13-30-15(2)25-18/h3-8,13,24H,9-12H2,1-2H3,(H,22,26)(H,23,27). The second-order valence-corrected chi connectivity index (χ2v) is 11.0. The Hall–Kier alpha value is -2.60. The maximum atomic E-state index is 12.2. The Kier molecular flexibility index (Phi) is 8.13. The van der Waals surface area contributed by atoms with E-state index in [-0.39, 0.29) is 17.3 Å². The fourth-order valence-electron chi connectivity index (χ4n) is 2.72. The van der Waals surface area contributed by atoms with Gasteiger partial charge in [0.2, 0.25) is 21.8 Å². The number of amides is 2. The SMILES string of the molecule is Cc1ccc(S(=O)(=O)NCC(=O)NCC(=O)NCCc2ccc(-c3csc(C)n3)s2)cc1. The van der Waals surface area contributed by atoms with Gasteiger partial charge in [0.25, 0.3) is 0 Å². The number of benzene rings is 1. The molecule has 0 unspecified atom stereocenters. The van der Waals surface area contributed by atoms with Crippen molar-refractivity contribution in [1.82, 2.24) is 20.3 Å². The minimum Gasteiger partial charge on any atom is -0.354 e. The van der Waals surface area contributed by atoms with Crippen LogP contribution in [0.2, 0.25) is 0 Å². The molecule has 0 saturated heterocycles. The van der Waals surface area contributed by atoms with E-state index in [1.54, 1.807) is 34.8 Å². The first-order valence-electron chi connectivity index (χ1n) is 9.84. The predicted molar refractivity (Wildman–Crippen MR) is 126 cm³/mol. The van der Waals surface area contributed by atoms with Crippen molar-refractivity contribution in [2.75, 3.05) is 19.6 Å². The first kappa shape index (κ1) is 24.1. The Balaban J connectivity index is 1.35. The lowest BCUT2D eigenvalue weighted by atomic mass is 10.2. The molecule has 3 N–H and O–H groups in total. The minimum atomic E-state index is -3.79. The average molecular weight is 493 g/mol. The molecule has 0 radical (unpaired) electrons. The van der Waals surface area contributed by atoms with E-state index in [9.17, 15) is 18.0 Å². The number of sulfonamides is 1. The Morgan fingerprint density at radius 2 is 1.69 bits per heavy atom. The fraction of sp³-hybridized carbons (Fsp3) is 0.286. The first-order valence-corrected chi connectivity index (χ1v) is 13.0. The van der Waals surface area contributed by atoms with Crippen molar-refractivity contribution in [2.45, 2.75) is 25.2 Å². The van der Waals surface area contributed by atoms with Crippen LogP contribution in [0, 0.1) is 13.8 Å². The van der Waals surface area contributed by atoms with Crippen LogP contribution in [0.4, 0.5) is 0 Å². The van der Waals surface area contributed by atoms with Crippen molar-refractivity contribution in [1.29, 1.82) is 0 Å². The lowest BCUT2D eigenvalue weighted by Crippen LogP contribution is -2.42. The zero-order valence-electron chi connectivity index (χ0n) is 17.7. The quantitative estimate of drug-likeness (QED) is 0.401. The van der Waals surface area contributed by atoms with Gasteiger partial charge in [0.15, 0.2) is 0 Å². The Morgan fingerprint density at radius 3 is 2.38 bits per heavy atom. The largest absolute Gasteiger partial charge is 0.354 e. The number of aromatic nitrogens is 1. The van der Waals surface area contributed by atoms with Gasteiger partial charge in [0.05, 0.1) is 33.6 Å². The molecule has 8 nitrogen and oxygen atoms in total. The lowest BCUT2D eigenvalue weighted by molar-refractivity contribution is -0.125. The summed E-state index contributed by atoms with van der Waals surface area (Å²) in [7, 11) is -3.79. The van der Waals surface area contributed by atoms with Gasteiger partial charge in [0.1, 0.15) is 0 Å². The van der Waals surface area contributed by atoms with Crippen molar-refractivity contribution in [3.8, 4) is 10.6 Å². The van der Waals surface area contributed by atoms with Crippen LogP contribution < -0.4 is 15.4 Å². The average Bonchev–Trinajstić information content (AvgIpc) is 3.40. The maximum Gasteiger partial charge on any atom is 0.241 e. The number of aryl methyl sites for hydroxylation is 2. The van der Waals surface area contributed by atoms with Crippen LogP contribution in [0.15, 0.2) is 46.7 Å². The Labute approximate surface area is 195 Å². The highest BCUT2D eigenvalue weighted by molar-refractivity contribution is 7.89. The van der Waals surface area contributed by atoms with Gasteiger partial charge >= 0.3 is 0 Å². The first-order chi connectivity index (χ1) is 15.2. The number of hydrogen-bond donors (Lipinski definition) is 3. The number of hydrogen-bond acceptors (Lipinski definition) is 7. The van der Waals surface area contributed by atoms with E-state index in [4.69, 9.17) is 0 Å². The molecular weight excluding hydrogens is 468 g/mol. The van der Waals surface area contributed by atoms with Gasteiger partial charge in [-0.2, -0.15) is 0 Å². The predicted octanol–water partition coefficient (Wildman–Crippen LogP) is 2.24. The van der Waals surface area contributed by atoms with E-state index < -0.39 is 22.5 Å². The molecule has 2 aromatic heterocycles. The minimum absolute atomic E-state index is 0.0790. The van der Waals surface area contributed by atoms with E-state index in [1.807, 2.05) is 31.4 Å². The number of rotatable bonds is 10. The monoisotopic (exact) mass is 492 g/mol. The topological polar surface area (TPSA) is 117 Å². The zero-order valence-corrected chi connectivity index (χ0v) is 20.1. The summed E-state index contributed by atoms with van der Waals surface area (Å²) in [6, 6.07) is 10.3. The highest BCUT2D eigenvalue weighted by Gasteiger charge is 2.15. The second kappa shape index (κ2) is 10.8. The van der Waals surface area contributed by atoms with Crippen molar-refractivity contribution in [2.24, 2.45) is 0 Å². The normalized spacial score (nSPS) is 11.3. The molecular formula is C21H24N4O4S3. The van der Waals surface area contributed by atoms with Gasteiger partial charge in [-0.1, -0.05) is 17.7 Å². The third kappa shape index (κ3) is 6.95. The van der Waals surface area contributed by atoms with Crippen molar-refractivity contribution in [3.63, 3.8) is 0 Å². The molecule has 0 bridgehead atoms. The van der Waals surface area contributed by atoms with E-state index in [2.05, 4.69) is 20.3 Å². The van der Waals surface area contributed by atoms with E-state index in [0.29, 0.717) is 13.0 Å². The summed E-state index contributed by atoms with van der Waals surface area (Å²) in [4.78, 5) is 30.6. The fourth-order valence-corrected chi connectivity index (χ4v) is 5.35. The molecule has 11 heteroatoms. The summed E-state index contributed by atoms with van der Waals surface area (Å²) in [6.45, 7) is 3.58. The van der Waals surface area contributed by atoms with Crippen LogP contribution in [0.5, 0.6) is 0 Å². The van der Waals surface area contributed by atoms with Gasteiger partial charge < -0.3 is 10.6 Å². The number of carbonyl (C=O) groups is 2. The molecule has 0 saturated carbocycles. The summed E-state index contributed by atoms with van der Waals surface area (Å²) < 4.78 is 26.6. The molecule has 0 atom stereocenters. The number of carbonyl (C=O) groups excluding carboxylic acids is 2.